The average Bonchev–Trinajstić information content (AvgIpc) is 2.82. The summed E-state index contributed by atoms with van der Waals surface area (Å²) < 4.78 is 5.75. The van der Waals surface area contributed by atoms with Gasteiger partial charge in [0.1, 0.15) is 12.4 Å². The van der Waals surface area contributed by atoms with Crippen molar-refractivity contribution < 1.29 is 4.74 Å². The molecule has 1 aromatic heterocycles. The van der Waals surface area contributed by atoms with Crippen molar-refractivity contribution in [2.75, 3.05) is 0 Å². The van der Waals surface area contributed by atoms with Gasteiger partial charge in [0, 0.05) is 6.04 Å². The van der Waals surface area contributed by atoms with E-state index in [1.54, 1.807) is 6.07 Å². The summed E-state index contributed by atoms with van der Waals surface area (Å²) >= 11 is 0. The summed E-state index contributed by atoms with van der Waals surface area (Å²) in [5.74, 6) is 0.558. The van der Waals surface area contributed by atoms with Crippen LogP contribution in [-0.2, 0) is 11.3 Å². The summed E-state index contributed by atoms with van der Waals surface area (Å²) in [5, 5.41) is 0.601. The fourth-order valence-corrected chi connectivity index (χ4v) is 2.55. The van der Waals surface area contributed by atoms with E-state index in [2.05, 4.69) is 9.97 Å². The molecule has 19 heavy (non-hydrogen) atoms. The lowest BCUT2D eigenvalue weighted by Gasteiger charge is -2.15. The van der Waals surface area contributed by atoms with Crippen LogP contribution in [0.2, 0.25) is 0 Å². The molecular weight excluding hydrogens is 242 g/mol. The summed E-state index contributed by atoms with van der Waals surface area (Å²) in [7, 11) is 0. The van der Waals surface area contributed by atoms with Crippen LogP contribution in [0.15, 0.2) is 29.1 Å². The van der Waals surface area contributed by atoms with Crippen molar-refractivity contribution in [1.29, 1.82) is 0 Å². The molecule has 0 amide bonds. The summed E-state index contributed by atoms with van der Waals surface area (Å²) in [6.07, 6.45) is 3.18. The highest BCUT2D eigenvalue weighted by Gasteiger charge is 2.24. The smallest absolute Gasteiger partial charge is 0.258 e. The third-order valence-corrected chi connectivity index (χ3v) is 3.60. The van der Waals surface area contributed by atoms with E-state index in [-0.39, 0.29) is 17.7 Å². The lowest BCUT2D eigenvalue weighted by atomic mass is 10.2. The zero-order valence-corrected chi connectivity index (χ0v) is 10.6. The van der Waals surface area contributed by atoms with Gasteiger partial charge >= 0.3 is 0 Å². The second-order valence-corrected chi connectivity index (χ2v) is 4.97. The standard InChI is InChI=1S/C14H17N3O2/c15-10-5-3-7-12(10)19-8-13-16-11-6-2-1-4-9(11)14(18)17-13/h1-2,4,6,10,12H,3,5,7-8,15H2,(H,16,17,18). The Morgan fingerprint density at radius 2 is 2.21 bits per heavy atom. The summed E-state index contributed by atoms with van der Waals surface area (Å²) in [6.45, 7) is 0.304. The van der Waals surface area contributed by atoms with Crippen LogP contribution >= 0.6 is 0 Å². The highest BCUT2D eigenvalue weighted by Crippen LogP contribution is 2.21. The van der Waals surface area contributed by atoms with Gasteiger partial charge in [0.05, 0.1) is 17.0 Å². The van der Waals surface area contributed by atoms with Crippen molar-refractivity contribution in [3.05, 3.63) is 40.4 Å². The molecule has 5 heteroatoms. The maximum Gasteiger partial charge on any atom is 0.258 e. The molecule has 0 spiro atoms. The molecule has 2 aromatic rings. The third kappa shape index (κ3) is 2.52. The van der Waals surface area contributed by atoms with Gasteiger partial charge in [-0.25, -0.2) is 4.98 Å². The Morgan fingerprint density at radius 3 is 3.00 bits per heavy atom. The number of aromatic nitrogens is 2. The van der Waals surface area contributed by atoms with Crippen LogP contribution in [0.4, 0.5) is 0 Å². The quantitative estimate of drug-likeness (QED) is 0.871. The maximum absolute atomic E-state index is 11.9. The molecule has 2 atom stereocenters. The number of nitrogens with one attached hydrogen (secondary N) is 1. The highest BCUT2D eigenvalue weighted by molar-refractivity contribution is 5.77. The Kier molecular flexibility index (Phi) is 3.31. The molecule has 1 fully saturated rings. The Bertz CT molecular complexity index is 638. The number of fused-ring (bicyclic) bond motifs is 1. The van der Waals surface area contributed by atoms with Crippen LogP contribution < -0.4 is 11.3 Å². The molecule has 0 bridgehead atoms. The van der Waals surface area contributed by atoms with Gasteiger partial charge in [-0.3, -0.25) is 4.79 Å². The molecule has 1 aliphatic carbocycles. The van der Waals surface area contributed by atoms with E-state index < -0.39 is 0 Å². The van der Waals surface area contributed by atoms with Gasteiger partial charge in [-0.05, 0) is 31.4 Å². The number of aromatic amines is 1. The number of nitrogens with two attached hydrogens (primary N) is 1. The first kappa shape index (κ1) is 12.3. The van der Waals surface area contributed by atoms with Gasteiger partial charge in [-0.2, -0.15) is 0 Å². The van der Waals surface area contributed by atoms with Crippen LogP contribution in [0.5, 0.6) is 0 Å². The first-order valence-electron chi connectivity index (χ1n) is 6.59. The summed E-state index contributed by atoms with van der Waals surface area (Å²) in [6, 6.07) is 7.39. The van der Waals surface area contributed by atoms with Crippen molar-refractivity contribution in [2.24, 2.45) is 5.73 Å². The topological polar surface area (TPSA) is 81.0 Å². The monoisotopic (exact) mass is 259 g/mol. The highest BCUT2D eigenvalue weighted by atomic mass is 16.5. The molecule has 100 valence electrons. The third-order valence-electron chi connectivity index (χ3n) is 3.60. The molecule has 2 unspecified atom stereocenters. The van der Waals surface area contributed by atoms with E-state index in [0.717, 1.165) is 19.3 Å². The van der Waals surface area contributed by atoms with Crippen LogP contribution in [0.1, 0.15) is 25.1 Å². The number of benzene rings is 1. The first-order valence-corrected chi connectivity index (χ1v) is 6.59. The second-order valence-electron chi connectivity index (χ2n) is 4.97. The minimum absolute atomic E-state index is 0.0803. The van der Waals surface area contributed by atoms with Crippen LogP contribution in [-0.4, -0.2) is 22.1 Å². The number of hydrogen-bond acceptors (Lipinski definition) is 4. The number of hydrogen-bond donors (Lipinski definition) is 2. The van der Waals surface area contributed by atoms with Crippen molar-refractivity contribution in [2.45, 2.75) is 38.0 Å². The van der Waals surface area contributed by atoms with Gasteiger partial charge in [0.2, 0.25) is 0 Å². The summed E-state index contributed by atoms with van der Waals surface area (Å²) in [5.41, 5.74) is 6.52. The molecule has 5 nitrogen and oxygen atoms in total. The fraction of sp³-hybridized carbons (Fsp3) is 0.429. The van der Waals surface area contributed by atoms with Crippen molar-refractivity contribution >= 4 is 10.9 Å². The van der Waals surface area contributed by atoms with Gasteiger partial charge < -0.3 is 15.5 Å². The maximum atomic E-state index is 11.9. The molecule has 1 aliphatic rings. The Morgan fingerprint density at radius 1 is 1.37 bits per heavy atom. The van der Waals surface area contributed by atoms with Gasteiger partial charge in [0.25, 0.3) is 5.56 Å². The predicted molar refractivity (Wildman–Crippen MR) is 72.8 cm³/mol. The first-order chi connectivity index (χ1) is 9.24. The SMILES string of the molecule is NC1CCCC1OCc1nc2ccccc2c(=O)[nH]1. The average molecular weight is 259 g/mol. The zero-order chi connectivity index (χ0) is 13.2. The molecule has 1 aromatic carbocycles. The number of para-hydroxylation sites is 1. The van der Waals surface area contributed by atoms with E-state index in [0.29, 0.717) is 23.3 Å². The van der Waals surface area contributed by atoms with E-state index in [4.69, 9.17) is 10.5 Å². The zero-order valence-electron chi connectivity index (χ0n) is 10.6. The molecule has 1 heterocycles. The van der Waals surface area contributed by atoms with Crippen LogP contribution in [0.3, 0.4) is 0 Å². The Labute approximate surface area is 110 Å². The van der Waals surface area contributed by atoms with Crippen molar-refractivity contribution in [1.82, 2.24) is 9.97 Å². The molecule has 3 N–H and O–H groups in total. The van der Waals surface area contributed by atoms with Gasteiger partial charge in [0.15, 0.2) is 0 Å². The van der Waals surface area contributed by atoms with Gasteiger partial charge in [-0.15, -0.1) is 0 Å². The van der Waals surface area contributed by atoms with Crippen LogP contribution in [0.25, 0.3) is 10.9 Å². The molecule has 0 aliphatic heterocycles. The minimum atomic E-state index is -0.125. The normalized spacial score (nSPS) is 23.0. The van der Waals surface area contributed by atoms with Crippen molar-refractivity contribution in [3.63, 3.8) is 0 Å². The molecule has 1 saturated carbocycles. The van der Waals surface area contributed by atoms with Gasteiger partial charge in [-0.1, -0.05) is 12.1 Å². The van der Waals surface area contributed by atoms with E-state index >= 15 is 0 Å². The van der Waals surface area contributed by atoms with E-state index in [1.165, 1.54) is 0 Å². The lowest BCUT2D eigenvalue weighted by molar-refractivity contribution is 0.0320. The summed E-state index contributed by atoms with van der Waals surface area (Å²) in [4.78, 5) is 19.0. The predicted octanol–water partition coefficient (Wildman–Crippen LogP) is 1.32. The van der Waals surface area contributed by atoms with Crippen molar-refractivity contribution in [3.8, 4) is 0 Å². The molecular formula is C14H17N3O2. The molecule has 0 saturated heterocycles. The second kappa shape index (κ2) is 5.11. The van der Waals surface area contributed by atoms with Crippen LogP contribution in [0, 0.1) is 0 Å². The number of H-pyrrole nitrogens is 1. The molecule has 0 radical (unpaired) electrons. The Balaban J connectivity index is 1.80. The number of nitrogens with zero attached hydrogens (tertiary/aromatic N) is 1. The fourth-order valence-electron chi connectivity index (χ4n) is 2.55. The number of rotatable bonds is 3. The largest absolute Gasteiger partial charge is 0.369 e. The lowest BCUT2D eigenvalue weighted by Crippen LogP contribution is -2.31. The Hall–Kier alpha value is -1.72. The number of ether oxygens (including phenoxy) is 1. The minimum Gasteiger partial charge on any atom is -0.369 e. The van der Waals surface area contributed by atoms with E-state index in [1.807, 2.05) is 18.2 Å². The van der Waals surface area contributed by atoms with E-state index in [9.17, 15) is 4.79 Å². The molecule has 3 rings (SSSR count).